The van der Waals surface area contributed by atoms with Crippen LogP contribution in [0.25, 0.3) is 0 Å². The third kappa shape index (κ3) is 3.46. The van der Waals surface area contributed by atoms with E-state index in [1.165, 1.54) is 17.3 Å². The molecule has 1 aromatic heterocycles. The van der Waals surface area contributed by atoms with Crippen LogP contribution >= 0.6 is 0 Å². The number of hydrogen-bond acceptors (Lipinski definition) is 4. The van der Waals surface area contributed by atoms with Crippen LogP contribution in [-0.2, 0) is 6.54 Å². The third-order valence-electron chi connectivity index (χ3n) is 3.44. The quantitative estimate of drug-likeness (QED) is 0.840. The van der Waals surface area contributed by atoms with E-state index in [1.54, 1.807) is 0 Å². The van der Waals surface area contributed by atoms with Gasteiger partial charge in [0.05, 0.1) is 12.7 Å². The van der Waals surface area contributed by atoms with Crippen molar-refractivity contribution in [3.8, 4) is 0 Å². The number of urea groups is 1. The summed E-state index contributed by atoms with van der Waals surface area (Å²) < 4.78 is 1.41. The number of piperidine rings is 1. The zero-order valence-corrected chi connectivity index (χ0v) is 11.4. The predicted octanol–water partition coefficient (Wildman–Crippen LogP) is 0.560. The molecule has 0 aliphatic carbocycles. The van der Waals surface area contributed by atoms with Gasteiger partial charge < -0.3 is 15.3 Å². The van der Waals surface area contributed by atoms with Gasteiger partial charge in [-0.15, -0.1) is 5.10 Å². The first-order chi connectivity index (χ1) is 9.58. The first-order valence-corrected chi connectivity index (χ1v) is 6.76. The van der Waals surface area contributed by atoms with Crippen molar-refractivity contribution in [2.45, 2.75) is 38.8 Å². The molecule has 8 heteroatoms. The van der Waals surface area contributed by atoms with Crippen LogP contribution in [-0.4, -0.2) is 56.1 Å². The van der Waals surface area contributed by atoms with Crippen LogP contribution in [0, 0.1) is 0 Å². The van der Waals surface area contributed by atoms with E-state index in [0.29, 0.717) is 13.1 Å². The second-order valence-corrected chi connectivity index (χ2v) is 4.94. The number of aromatic nitrogens is 3. The Morgan fingerprint density at radius 3 is 2.95 bits per heavy atom. The van der Waals surface area contributed by atoms with E-state index in [4.69, 9.17) is 5.11 Å². The molecule has 2 amide bonds. The highest BCUT2D eigenvalue weighted by atomic mass is 16.4. The summed E-state index contributed by atoms with van der Waals surface area (Å²) in [6.07, 6.45) is 4.60. The molecule has 0 saturated carbocycles. The lowest BCUT2D eigenvalue weighted by Gasteiger charge is -2.33. The molecular weight excluding hydrogens is 262 g/mol. The van der Waals surface area contributed by atoms with Crippen molar-refractivity contribution in [1.29, 1.82) is 0 Å². The summed E-state index contributed by atoms with van der Waals surface area (Å²) >= 11 is 0. The Hall–Kier alpha value is -2.12. The maximum Gasteiger partial charge on any atom is 0.358 e. The largest absolute Gasteiger partial charge is 0.476 e. The van der Waals surface area contributed by atoms with E-state index < -0.39 is 5.97 Å². The van der Waals surface area contributed by atoms with Gasteiger partial charge in [0.2, 0.25) is 0 Å². The van der Waals surface area contributed by atoms with Crippen LogP contribution in [0.3, 0.4) is 0 Å². The summed E-state index contributed by atoms with van der Waals surface area (Å²) in [5, 5.41) is 18.7. The average molecular weight is 281 g/mol. The molecule has 1 atom stereocenters. The molecule has 1 unspecified atom stereocenters. The number of hydrogen-bond donors (Lipinski definition) is 2. The number of nitrogens with one attached hydrogen (secondary N) is 1. The van der Waals surface area contributed by atoms with E-state index in [-0.39, 0.29) is 17.8 Å². The van der Waals surface area contributed by atoms with Crippen LogP contribution in [0.2, 0.25) is 0 Å². The lowest BCUT2D eigenvalue weighted by molar-refractivity contribution is 0.0690. The Kier molecular flexibility index (Phi) is 4.54. The number of aromatic carboxylic acids is 1. The monoisotopic (exact) mass is 281 g/mol. The molecule has 1 aromatic rings. The Morgan fingerprint density at radius 2 is 2.30 bits per heavy atom. The highest BCUT2D eigenvalue weighted by molar-refractivity contribution is 5.84. The number of carboxylic acids is 1. The number of nitrogens with zero attached hydrogens (tertiary/aromatic N) is 4. The highest BCUT2D eigenvalue weighted by Gasteiger charge is 2.22. The molecule has 2 rings (SSSR count). The molecule has 1 aliphatic heterocycles. The Labute approximate surface area is 116 Å². The first-order valence-electron chi connectivity index (χ1n) is 6.76. The van der Waals surface area contributed by atoms with E-state index in [9.17, 15) is 9.59 Å². The van der Waals surface area contributed by atoms with Gasteiger partial charge in [0.1, 0.15) is 0 Å². The lowest BCUT2D eigenvalue weighted by atomic mass is 10.0. The zero-order chi connectivity index (χ0) is 14.5. The molecule has 1 fully saturated rings. The maximum absolute atomic E-state index is 12.0. The van der Waals surface area contributed by atoms with E-state index >= 15 is 0 Å². The Balaban J connectivity index is 1.77. The fourth-order valence-electron chi connectivity index (χ4n) is 2.28. The van der Waals surface area contributed by atoms with Crippen molar-refractivity contribution in [3.63, 3.8) is 0 Å². The SMILES string of the molecule is CC1CCCCN1C(=O)NCCn1cc(C(=O)O)nn1. The van der Waals surface area contributed by atoms with Crippen LogP contribution in [0.15, 0.2) is 6.20 Å². The summed E-state index contributed by atoms with van der Waals surface area (Å²) in [6, 6.07) is 0.199. The van der Waals surface area contributed by atoms with Gasteiger partial charge in [-0.25, -0.2) is 14.3 Å². The molecule has 2 heterocycles. The average Bonchev–Trinajstić information content (AvgIpc) is 2.88. The maximum atomic E-state index is 12.0. The Bertz CT molecular complexity index is 487. The number of likely N-dealkylation sites (tertiary alicyclic amines) is 1. The topological polar surface area (TPSA) is 100 Å². The van der Waals surface area contributed by atoms with Crippen molar-refractivity contribution >= 4 is 12.0 Å². The molecule has 1 aliphatic rings. The number of carbonyl (C=O) groups is 2. The number of carbonyl (C=O) groups excluding carboxylic acids is 1. The second kappa shape index (κ2) is 6.36. The van der Waals surface area contributed by atoms with Gasteiger partial charge in [0, 0.05) is 19.1 Å². The van der Waals surface area contributed by atoms with E-state index in [0.717, 1.165) is 19.4 Å². The van der Waals surface area contributed by atoms with Crippen molar-refractivity contribution < 1.29 is 14.7 Å². The van der Waals surface area contributed by atoms with E-state index in [1.807, 2.05) is 4.90 Å². The minimum absolute atomic E-state index is 0.0734. The molecule has 0 aromatic carbocycles. The van der Waals surface area contributed by atoms with E-state index in [2.05, 4.69) is 22.6 Å². The molecule has 0 bridgehead atoms. The van der Waals surface area contributed by atoms with Crippen molar-refractivity contribution in [2.24, 2.45) is 0 Å². The summed E-state index contributed by atoms with van der Waals surface area (Å²) in [4.78, 5) is 24.5. The standard InChI is InChI=1S/C12H19N5O3/c1-9-4-2-3-6-17(9)12(20)13-5-7-16-8-10(11(18)19)14-15-16/h8-9H,2-7H2,1H3,(H,13,20)(H,18,19). The predicted molar refractivity (Wildman–Crippen MR) is 70.4 cm³/mol. The second-order valence-electron chi connectivity index (χ2n) is 4.94. The third-order valence-corrected chi connectivity index (χ3v) is 3.44. The van der Waals surface area contributed by atoms with Crippen LogP contribution in [0.1, 0.15) is 36.7 Å². The van der Waals surface area contributed by atoms with Gasteiger partial charge in [-0.05, 0) is 26.2 Å². The molecule has 2 N–H and O–H groups in total. The summed E-state index contributed by atoms with van der Waals surface area (Å²) in [6.45, 7) is 3.63. The minimum Gasteiger partial charge on any atom is -0.476 e. The van der Waals surface area contributed by atoms with Gasteiger partial charge >= 0.3 is 12.0 Å². The smallest absolute Gasteiger partial charge is 0.358 e. The number of amides is 2. The normalized spacial score (nSPS) is 18.9. The van der Waals surface area contributed by atoms with Crippen LogP contribution in [0.4, 0.5) is 4.79 Å². The summed E-state index contributed by atoms with van der Waals surface area (Å²) in [7, 11) is 0. The van der Waals surface area contributed by atoms with Gasteiger partial charge in [-0.1, -0.05) is 5.21 Å². The number of carboxylic acid groups (broad SMARTS) is 1. The van der Waals surface area contributed by atoms with Gasteiger partial charge in [-0.2, -0.15) is 0 Å². The van der Waals surface area contributed by atoms with Gasteiger partial charge in [-0.3, -0.25) is 0 Å². The van der Waals surface area contributed by atoms with Crippen molar-refractivity contribution in [1.82, 2.24) is 25.2 Å². The van der Waals surface area contributed by atoms with Gasteiger partial charge in [0.25, 0.3) is 0 Å². The summed E-state index contributed by atoms with van der Waals surface area (Å²) in [5.74, 6) is -1.11. The Morgan fingerprint density at radius 1 is 1.50 bits per heavy atom. The highest BCUT2D eigenvalue weighted by Crippen LogP contribution is 2.15. The first kappa shape index (κ1) is 14.3. The minimum atomic E-state index is -1.11. The molecule has 0 radical (unpaired) electrons. The van der Waals surface area contributed by atoms with Crippen molar-refractivity contribution in [2.75, 3.05) is 13.1 Å². The van der Waals surface area contributed by atoms with Crippen LogP contribution in [0.5, 0.6) is 0 Å². The molecule has 1 saturated heterocycles. The zero-order valence-electron chi connectivity index (χ0n) is 11.4. The fourth-order valence-corrected chi connectivity index (χ4v) is 2.28. The van der Waals surface area contributed by atoms with Gasteiger partial charge in [0.15, 0.2) is 5.69 Å². The summed E-state index contributed by atoms with van der Waals surface area (Å²) in [5.41, 5.74) is -0.0963. The molecule has 110 valence electrons. The molecule has 0 spiro atoms. The molecule has 8 nitrogen and oxygen atoms in total. The number of rotatable bonds is 4. The van der Waals surface area contributed by atoms with Crippen LogP contribution < -0.4 is 5.32 Å². The molecular formula is C12H19N5O3. The molecule has 20 heavy (non-hydrogen) atoms. The lowest BCUT2D eigenvalue weighted by Crippen LogP contribution is -2.48. The fraction of sp³-hybridized carbons (Fsp3) is 0.667. The van der Waals surface area contributed by atoms with Crippen molar-refractivity contribution in [3.05, 3.63) is 11.9 Å².